The van der Waals surface area contributed by atoms with Gasteiger partial charge in [-0.05, 0) is 61.4 Å². The highest BCUT2D eigenvalue weighted by molar-refractivity contribution is 9.10. The molecule has 29 heavy (non-hydrogen) atoms. The van der Waals surface area contributed by atoms with E-state index in [1.165, 1.54) is 0 Å². The van der Waals surface area contributed by atoms with Crippen molar-refractivity contribution in [1.82, 2.24) is 10.2 Å². The third-order valence-electron chi connectivity index (χ3n) is 5.21. The summed E-state index contributed by atoms with van der Waals surface area (Å²) in [6.07, 6.45) is 1.43. The molecule has 2 aliphatic rings. The third-order valence-corrected chi connectivity index (χ3v) is 5.74. The Bertz CT molecular complexity index is 930. The Kier molecular flexibility index (Phi) is 5.53. The number of rotatable bonds is 4. The van der Waals surface area contributed by atoms with Gasteiger partial charge in [0.1, 0.15) is 6.04 Å². The first kappa shape index (κ1) is 19.4. The molecule has 4 rings (SSSR count). The molecular formula is C21H21BrN4O3. The molecule has 0 saturated carbocycles. The van der Waals surface area contributed by atoms with Gasteiger partial charge in [0.25, 0.3) is 5.91 Å². The Balaban J connectivity index is 1.42. The number of hydrogen-bond acceptors (Lipinski definition) is 3. The van der Waals surface area contributed by atoms with Crippen LogP contribution in [0, 0.1) is 0 Å². The molecule has 150 valence electrons. The molecule has 0 radical (unpaired) electrons. The number of carbonyl (C=O) groups is 3. The standard InChI is InChI=1S/C21H21BrN4O3/c22-15-5-3-14(4-6-15)20(28)26-12-1-2-18(26)19(27)24-16-7-9-17(10-8-16)25-13-11-23-21(25)29/h3-10,18H,1-2,11-13H2,(H,23,29)(H,24,27). The average molecular weight is 457 g/mol. The van der Waals surface area contributed by atoms with Crippen molar-refractivity contribution in [2.75, 3.05) is 29.9 Å². The number of urea groups is 1. The average Bonchev–Trinajstić information content (AvgIpc) is 3.38. The number of benzene rings is 2. The van der Waals surface area contributed by atoms with Crippen molar-refractivity contribution in [3.8, 4) is 0 Å². The van der Waals surface area contributed by atoms with Crippen LogP contribution in [0.2, 0.25) is 0 Å². The Morgan fingerprint density at radius 2 is 1.76 bits per heavy atom. The van der Waals surface area contributed by atoms with Crippen molar-refractivity contribution < 1.29 is 14.4 Å². The zero-order valence-corrected chi connectivity index (χ0v) is 17.3. The van der Waals surface area contributed by atoms with Crippen LogP contribution in [0.3, 0.4) is 0 Å². The van der Waals surface area contributed by atoms with E-state index >= 15 is 0 Å². The van der Waals surface area contributed by atoms with Crippen LogP contribution in [0.25, 0.3) is 0 Å². The van der Waals surface area contributed by atoms with Crippen LogP contribution in [0.1, 0.15) is 23.2 Å². The smallest absolute Gasteiger partial charge is 0.321 e. The minimum atomic E-state index is -0.491. The van der Waals surface area contributed by atoms with Crippen LogP contribution < -0.4 is 15.5 Å². The monoisotopic (exact) mass is 456 g/mol. The fourth-order valence-electron chi connectivity index (χ4n) is 3.71. The van der Waals surface area contributed by atoms with Gasteiger partial charge in [0.2, 0.25) is 5.91 Å². The van der Waals surface area contributed by atoms with E-state index in [2.05, 4.69) is 26.6 Å². The molecule has 2 fully saturated rings. The van der Waals surface area contributed by atoms with Gasteiger partial charge in [0.15, 0.2) is 0 Å². The quantitative estimate of drug-likeness (QED) is 0.740. The van der Waals surface area contributed by atoms with Crippen molar-refractivity contribution in [1.29, 1.82) is 0 Å². The summed E-state index contributed by atoms with van der Waals surface area (Å²) in [5, 5.41) is 5.66. The Morgan fingerprint density at radius 3 is 2.41 bits per heavy atom. The second kappa shape index (κ2) is 8.24. The molecule has 0 aromatic heterocycles. The fraction of sp³-hybridized carbons (Fsp3) is 0.286. The predicted octanol–water partition coefficient (Wildman–Crippen LogP) is 3.22. The van der Waals surface area contributed by atoms with Gasteiger partial charge in [-0.1, -0.05) is 15.9 Å². The maximum absolute atomic E-state index is 12.8. The molecular weight excluding hydrogens is 436 g/mol. The van der Waals surface area contributed by atoms with E-state index in [0.29, 0.717) is 37.3 Å². The molecule has 8 heteroatoms. The summed E-state index contributed by atoms with van der Waals surface area (Å²) in [5.41, 5.74) is 1.99. The molecule has 2 aromatic rings. The molecule has 2 aromatic carbocycles. The highest BCUT2D eigenvalue weighted by Crippen LogP contribution is 2.24. The normalized spacial score (nSPS) is 18.7. The van der Waals surface area contributed by atoms with E-state index in [1.54, 1.807) is 46.2 Å². The van der Waals surface area contributed by atoms with E-state index in [-0.39, 0.29) is 17.8 Å². The summed E-state index contributed by atoms with van der Waals surface area (Å²) in [5.74, 6) is -0.329. The minimum Gasteiger partial charge on any atom is -0.336 e. The Morgan fingerprint density at radius 1 is 1.03 bits per heavy atom. The largest absolute Gasteiger partial charge is 0.336 e. The Labute approximate surface area is 177 Å². The van der Waals surface area contributed by atoms with Crippen LogP contribution in [0.15, 0.2) is 53.0 Å². The lowest BCUT2D eigenvalue weighted by Crippen LogP contribution is -2.43. The van der Waals surface area contributed by atoms with Gasteiger partial charge in [0.05, 0.1) is 0 Å². The molecule has 1 atom stereocenters. The number of carbonyl (C=O) groups excluding carboxylic acids is 3. The van der Waals surface area contributed by atoms with Crippen molar-refractivity contribution in [2.45, 2.75) is 18.9 Å². The van der Waals surface area contributed by atoms with E-state index in [0.717, 1.165) is 16.6 Å². The van der Waals surface area contributed by atoms with Crippen LogP contribution in [-0.2, 0) is 4.79 Å². The number of nitrogens with zero attached hydrogens (tertiary/aromatic N) is 2. The lowest BCUT2D eigenvalue weighted by molar-refractivity contribution is -0.119. The highest BCUT2D eigenvalue weighted by atomic mass is 79.9. The first-order valence-electron chi connectivity index (χ1n) is 9.56. The molecule has 7 nitrogen and oxygen atoms in total. The fourth-order valence-corrected chi connectivity index (χ4v) is 3.97. The summed E-state index contributed by atoms with van der Waals surface area (Å²) < 4.78 is 0.902. The molecule has 1 unspecified atom stereocenters. The highest BCUT2D eigenvalue weighted by Gasteiger charge is 2.34. The van der Waals surface area contributed by atoms with Gasteiger partial charge in [-0.15, -0.1) is 0 Å². The van der Waals surface area contributed by atoms with Crippen molar-refractivity contribution in [3.05, 3.63) is 58.6 Å². The second-order valence-electron chi connectivity index (χ2n) is 7.08. The molecule has 2 heterocycles. The van der Waals surface area contributed by atoms with Crippen molar-refractivity contribution in [2.24, 2.45) is 0 Å². The van der Waals surface area contributed by atoms with Gasteiger partial charge < -0.3 is 15.5 Å². The molecule has 0 spiro atoms. The summed E-state index contributed by atoms with van der Waals surface area (Å²) in [4.78, 5) is 40.7. The minimum absolute atomic E-state index is 0.116. The molecule has 0 aliphatic carbocycles. The number of amides is 4. The van der Waals surface area contributed by atoms with E-state index in [9.17, 15) is 14.4 Å². The van der Waals surface area contributed by atoms with Gasteiger partial charge in [0, 0.05) is 41.0 Å². The number of halogens is 1. The maximum Gasteiger partial charge on any atom is 0.321 e. The second-order valence-corrected chi connectivity index (χ2v) is 8.00. The summed E-state index contributed by atoms with van der Waals surface area (Å²) in [6, 6.07) is 13.7. The zero-order valence-electron chi connectivity index (χ0n) is 15.7. The third kappa shape index (κ3) is 4.12. The lowest BCUT2D eigenvalue weighted by atomic mass is 10.1. The van der Waals surface area contributed by atoms with Crippen LogP contribution >= 0.6 is 15.9 Å². The van der Waals surface area contributed by atoms with E-state index in [1.807, 2.05) is 12.1 Å². The van der Waals surface area contributed by atoms with Gasteiger partial charge in [-0.3, -0.25) is 14.5 Å². The SMILES string of the molecule is O=C(Nc1ccc(N2CCNC2=O)cc1)C1CCCN1C(=O)c1ccc(Br)cc1. The van der Waals surface area contributed by atoms with Crippen molar-refractivity contribution >= 4 is 45.2 Å². The lowest BCUT2D eigenvalue weighted by Gasteiger charge is -2.24. The molecule has 0 bridgehead atoms. The number of nitrogens with one attached hydrogen (secondary N) is 2. The first-order valence-corrected chi connectivity index (χ1v) is 10.3. The maximum atomic E-state index is 12.8. The van der Waals surface area contributed by atoms with Gasteiger partial charge in [-0.25, -0.2) is 4.79 Å². The topological polar surface area (TPSA) is 81.8 Å². The van der Waals surface area contributed by atoms with Crippen LogP contribution in [0.4, 0.5) is 16.2 Å². The zero-order chi connectivity index (χ0) is 20.4. The summed E-state index contributed by atoms with van der Waals surface area (Å²) >= 11 is 3.37. The first-order chi connectivity index (χ1) is 14.0. The summed E-state index contributed by atoms with van der Waals surface area (Å²) in [6.45, 7) is 1.82. The molecule has 2 N–H and O–H groups in total. The van der Waals surface area contributed by atoms with E-state index < -0.39 is 6.04 Å². The number of hydrogen-bond donors (Lipinski definition) is 2. The summed E-state index contributed by atoms with van der Waals surface area (Å²) in [7, 11) is 0. The van der Waals surface area contributed by atoms with E-state index in [4.69, 9.17) is 0 Å². The van der Waals surface area contributed by atoms with Crippen LogP contribution in [0.5, 0.6) is 0 Å². The molecule has 2 aliphatic heterocycles. The Hall–Kier alpha value is -2.87. The number of likely N-dealkylation sites (tertiary alicyclic amines) is 1. The van der Waals surface area contributed by atoms with Gasteiger partial charge in [-0.2, -0.15) is 0 Å². The van der Waals surface area contributed by atoms with Crippen molar-refractivity contribution in [3.63, 3.8) is 0 Å². The van der Waals surface area contributed by atoms with Gasteiger partial charge >= 0.3 is 6.03 Å². The van der Waals surface area contributed by atoms with Crippen LogP contribution in [-0.4, -0.2) is 48.4 Å². The number of anilines is 2. The molecule has 2 saturated heterocycles. The predicted molar refractivity (Wildman–Crippen MR) is 114 cm³/mol. The molecule has 4 amide bonds.